The molecule has 1 aromatic rings. The van der Waals surface area contributed by atoms with Gasteiger partial charge < -0.3 is 15.5 Å². The van der Waals surface area contributed by atoms with Crippen LogP contribution in [-0.4, -0.2) is 48.0 Å². The molecule has 1 fully saturated rings. The van der Waals surface area contributed by atoms with Crippen LogP contribution in [0, 0.1) is 16.0 Å². The largest absolute Gasteiger partial charge is 0.368 e. The number of anilines is 1. The van der Waals surface area contributed by atoms with E-state index in [2.05, 4.69) is 4.90 Å². The van der Waals surface area contributed by atoms with E-state index < -0.39 is 4.92 Å². The molecule has 7 nitrogen and oxygen atoms in total. The van der Waals surface area contributed by atoms with Crippen molar-refractivity contribution in [2.75, 3.05) is 31.1 Å². The van der Waals surface area contributed by atoms with E-state index in [1.807, 2.05) is 24.8 Å². The summed E-state index contributed by atoms with van der Waals surface area (Å²) in [6.07, 6.45) is 0. The van der Waals surface area contributed by atoms with E-state index in [-0.39, 0.29) is 23.6 Å². The lowest BCUT2D eigenvalue weighted by molar-refractivity contribution is -0.384. The number of non-ortho nitro benzene ring substituents is 1. The van der Waals surface area contributed by atoms with Gasteiger partial charge in [0.05, 0.1) is 10.8 Å². The highest BCUT2D eigenvalue weighted by Crippen LogP contribution is 2.22. The van der Waals surface area contributed by atoms with Crippen molar-refractivity contribution >= 4 is 17.3 Å². The molecular weight excluding hydrogens is 284 g/mol. The Balaban J connectivity index is 1.99. The van der Waals surface area contributed by atoms with E-state index in [1.165, 1.54) is 6.07 Å². The predicted octanol–water partition coefficient (Wildman–Crippen LogP) is 1.23. The van der Waals surface area contributed by atoms with E-state index >= 15 is 0 Å². The van der Waals surface area contributed by atoms with Crippen LogP contribution in [0.1, 0.15) is 13.8 Å². The number of nitrogens with two attached hydrogens (primary N) is 1. The van der Waals surface area contributed by atoms with Crippen molar-refractivity contribution in [1.29, 1.82) is 0 Å². The number of piperazine rings is 1. The van der Waals surface area contributed by atoms with Gasteiger partial charge in [-0.15, -0.1) is 0 Å². The SMILES string of the molecule is CC(N)C(C)C(=O)N1CCN(c2cccc([N+](=O)[O-])c2)CC1. The van der Waals surface area contributed by atoms with E-state index in [1.54, 1.807) is 12.1 Å². The van der Waals surface area contributed by atoms with Crippen molar-refractivity contribution in [2.45, 2.75) is 19.9 Å². The Bertz CT molecular complexity index is 553. The third-order valence-corrected chi connectivity index (χ3v) is 4.18. The average Bonchev–Trinajstić information content (AvgIpc) is 2.53. The van der Waals surface area contributed by atoms with E-state index in [9.17, 15) is 14.9 Å². The lowest BCUT2D eigenvalue weighted by Gasteiger charge is -2.37. The van der Waals surface area contributed by atoms with Crippen molar-refractivity contribution in [1.82, 2.24) is 4.90 Å². The van der Waals surface area contributed by atoms with Crippen LogP contribution in [0.2, 0.25) is 0 Å². The number of nitro groups is 1. The number of nitro benzene ring substituents is 1. The molecular formula is C15H22N4O3. The first-order valence-electron chi connectivity index (χ1n) is 7.44. The topological polar surface area (TPSA) is 92.7 Å². The van der Waals surface area contributed by atoms with E-state index in [0.717, 1.165) is 5.69 Å². The Labute approximate surface area is 129 Å². The highest BCUT2D eigenvalue weighted by Gasteiger charge is 2.27. The Hall–Kier alpha value is -2.15. The number of hydrogen-bond acceptors (Lipinski definition) is 5. The van der Waals surface area contributed by atoms with Crippen LogP contribution in [0.3, 0.4) is 0 Å². The van der Waals surface area contributed by atoms with Gasteiger partial charge in [-0.1, -0.05) is 13.0 Å². The van der Waals surface area contributed by atoms with Gasteiger partial charge in [-0.3, -0.25) is 14.9 Å². The molecule has 2 rings (SSSR count). The van der Waals surface area contributed by atoms with Gasteiger partial charge in [0.2, 0.25) is 5.91 Å². The monoisotopic (exact) mass is 306 g/mol. The Morgan fingerprint density at radius 3 is 2.45 bits per heavy atom. The van der Waals surface area contributed by atoms with Gasteiger partial charge in [0.25, 0.3) is 5.69 Å². The summed E-state index contributed by atoms with van der Waals surface area (Å²) >= 11 is 0. The lowest BCUT2D eigenvalue weighted by Crippen LogP contribution is -2.52. The van der Waals surface area contributed by atoms with Crippen molar-refractivity contribution in [3.8, 4) is 0 Å². The van der Waals surface area contributed by atoms with Gasteiger partial charge in [0.15, 0.2) is 0 Å². The van der Waals surface area contributed by atoms with Gasteiger partial charge in [0.1, 0.15) is 0 Å². The molecule has 1 aliphatic heterocycles. The molecule has 2 unspecified atom stereocenters. The fourth-order valence-electron chi connectivity index (χ4n) is 2.50. The molecule has 1 saturated heterocycles. The van der Waals surface area contributed by atoms with Crippen LogP contribution in [0.5, 0.6) is 0 Å². The van der Waals surface area contributed by atoms with E-state index in [4.69, 9.17) is 5.73 Å². The van der Waals surface area contributed by atoms with Gasteiger partial charge in [-0.05, 0) is 13.0 Å². The van der Waals surface area contributed by atoms with Crippen LogP contribution in [-0.2, 0) is 4.79 Å². The third kappa shape index (κ3) is 3.54. The smallest absolute Gasteiger partial charge is 0.271 e. The first-order valence-corrected chi connectivity index (χ1v) is 7.44. The summed E-state index contributed by atoms with van der Waals surface area (Å²) in [5, 5.41) is 10.8. The fraction of sp³-hybridized carbons (Fsp3) is 0.533. The van der Waals surface area contributed by atoms with Crippen LogP contribution in [0.15, 0.2) is 24.3 Å². The zero-order valence-electron chi connectivity index (χ0n) is 12.9. The number of nitrogens with zero attached hydrogens (tertiary/aromatic N) is 3. The number of hydrogen-bond donors (Lipinski definition) is 1. The molecule has 1 aromatic carbocycles. The maximum Gasteiger partial charge on any atom is 0.271 e. The molecule has 0 aliphatic carbocycles. The lowest BCUT2D eigenvalue weighted by atomic mass is 10.0. The van der Waals surface area contributed by atoms with Gasteiger partial charge >= 0.3 is 0 Å². The molecule has 1 amide bonds. The minimum atomic E-state index is -0.395. The summed E-state index contributed by atoms with van der Waals surface area (Å²) < 4.78 is 0. The van der Waals surface area contributed by atoms with Crippen LogP contribution >= 0.6 is 0 Å². The molecule has 2 N–H and O–H groups in total. The summed E-state index contributed by atoms with van der Waals surface area (Å²) in [6, 6.07) is 6.43. The first kappa shape index (κ1) is 16.2. The molecule has 0 bridgehead atoms. The maximum atomic E-state index is 12.3. The Morgan fingerprint density at radius 2 is 1.91 bits per heavy atom. The zero-order valence-corrected chi connectivity index (χ0v) is 12.9. The summed E-state index contributed by atoms with van der Waals surface area (Å²) in [5.41, 5.74) is 6.69. The molecule has 0 saturated carbocycles. The van der Waals surface area contributed by atoms with Crippen molar-refractivity contribution in [3.05, 3.63) is 34.4 Å². The second kappa shape index (κ2) is 6.74. The summed E-state index contributed by atoms with van der Waals surface area (Å²) in [6.45, 7) is 6.23. The molecule has 7 heteroatoms. The second-order valence-corrected chi connectivity index (χ2v) is 5.74. The highest BCUT2D eigenvalue weighted by molar-refractivity contribution is 5.79. The normalized spacial score (nSPS) is 18.0. The summed E-state index contributed by atoms with van der Waals surface area (Å²) in [5.74, 6) is -0.113. The quantitative estimate of drug-likeness (QED) is 0.667. The van der Waals surface area contributed by atoms with Gasteiger partial charge in [0, 0.05) is 50.0 Å². The summed E-state index contributed by atoms with van der Waals surface area (Å²) in [4.78, 5) is 26.6. The molecule has 120 valence electrons. The average molecular weight is 306 g/mol. The minimum Gasteiger partial charge on any atom is -0.368 e. The van der Waals surface area contributed by atoms with Gasteiger partial charge in [-0.25, -0.2) is 0 Å². The number of benzene rings is 1. The molecule has 0 spiro atoms. The van der Waals surface area contributed by atoms with E-state index in [0.29, 0.717) is 26.2 Å². The molecule has 0 aromatic heterocycles. The minimum absolute atomic E-state index is 0.0775. The number of rotatable bonds is 4. The van der Waals surface area contributed by atoms with Crippen LogP contribution in [0.25, 0.3) is 0 Å². The fourth-order valence-corrected chi connectivity index (χ4v) is 2.50. The molecule has 22 heavy (non-hydrogen) atoms. The van der Waals surface area contributed by atoms with Crippen molar-refractivity contribution < 1.29 is 9.72 Å². The molecule has 2 atom stereocenters. The van der Waals surface area contributed by atoms with Crippen molar-refractivity contribution in [3.63, 3.8) is 0 Å². The molecule has 1 heterocycles. The first-order chi connectivity index (χ1) is 10.4. The summed E-state index contributed by atoms with van der Waals surface area (Å²) in [7, 11) is 0. The predicted molar refractivity (Wildman–Crippen MR) is 84.7 cm³/mol. The van der Waals surface area contributed by atoms with Crippen LogP contribution in [0.4, 0.5) is 11.4 Å². The molecule has 0 radical (unpaired) electrons. The number of amides is 1. The Kier molecular flexibility index (Phi) is 4.97. The highest BCUT2D eigenvalue weighted by atomic mass is 16.6. The molecule has 1 aliphatic rings. The second-order valence-electron chi connectivity index (χ2n) is 5.74. The van der Waals surface area contributed by atoms with Crippen LogP contribution < -0.4 is 10.6 Å². The van der Waals surface area contributed by atoms with Crippen molar-refractivity contribution in [2.24, 2.45) is 11.7 Å². The zero-order chi connectivity index (χ0) is 16.3. The Morgan fingerprint density at radius 1 is 1.27 bits per heavy atom. The maximum absolute atomic E-state index is 12.3. The standard InChI is InChI=1S/C15H22N4O3/c1-11(12(2)16)15(20)18-8-6-17(7-9-18)13-4-3-5-14(10-13)19(21)22/h3-5,10-12H,6-9,16H2,1-2H3. The third-order valence-electron chi connectivity index (χ3n) is 4.18. The number of carbonyl (C=O) groups is 1. The van der Waals surface area contributed by atoms with Gasteiger partial charge in [-0.2, -0.15) is 0 Å². The number of carbonyl (C=O) groups excluding carboxylic acids is 1.